The highest BCUT2D eigenvalue weighted by molar-refractivity contribution is 5.74. The molecule has 2 aromatic heterocycles. The fourth-order valence-corrected chi connectivity index (χ4v) is 3.12. The Morgan fingerprint density at radius 1 is 1.22 bits per heavy atom. The molecule has 1 N–H and O–H groups in total. The predicted octanol–water partition coefficient (Wildman–Crippen LogP) is 1.58. The molecule has 0 atom stereocenters. The highest BCUT2D eigenvalue weighted by Crippen LogP contribution is 2.18. The molecule has 116 valence electrons. The minimum atomic E-state index is 0.00753. The highest BCUT2D eigenvalue weighted by atomic mass is 16.1. The van der Waals surface area contributed by atoms with E-state index in [4.69, 9.17) is 0 Å². The van der Waals surface area contributed by atoms with Gasteiger partial charge in [-0.25, -0.2) is 4.98 Å². The van der Waals surface area contributed by atoms with E-state index in [2.05, 4.69) is 37.0 Å². The van der Waals surface area contributed by atoms with E-state index in [1.165, 1.54) is 5.56 Å². The van der Waals surface area contributed by atoms with Gasteiger partial charge in [-0.2, -0.15) is 0 Å². The van der Waals surface area contributed by atoms with E-state index in [1.807, 2.05) is 13.0 Å². The van der Waals surface area contributed by atoms with E-state index in [1.54, 1.807) is 12.4 Å². The second-order valence-corrected chi connectivity index (χ2v) is 5.92. The number of rotatable bonds is 2. The maximum Gasteiger partial charge on any atom is 0.254 e. The molecular formula is C17H17N5O. The molecule has 6 heteroatoms. The number of aromatic nitrogens is 4. The van der Waals surface area contributed by atoms with Gasteiger partial charge in [0.2, 0.25) is 0 Å². The van der Waals surface area contributed by atoms with Gasteiger partial charge in [0.25, 0.3) is 5.56 Å². The molecule has 0 amide bonds. The monoisotopic (exact) mass is 307 g/mol. The minimum absolute atomic E-state index is 0.00753. The highest BCUT2D eigenvalue weighted by Gasteiger charge is 2.20. The SMILES string of the molecule is Cc1nc2c(c(=O)[nH]1)CCN(Cc1ccc3nccnc3c1)C2. The Kier molecular flexibility index (Phi) is 3.38. The quantitative estimate of drug-likeness (QED) is 0.778. The van der Waals surface area contributed by atoms with Crippen LogP contribution in [0.5, 0.6) is 0 Å². The number of hydrogen-bond acceptors (Lipinski definition) is 5. The van der Waals surface area contributed by atoms with E-state index in [-0.39, 0.29) is 5.56 Å². The van der Waals surface area contributed by atoms with Crippen LogP contribution in [0.15, 0.2) is 35.4 Å². The molecule has 1 aromatic carbocycles. The second-order valence-electron chi connectivity index (χ2n) is 5.92. The summed E-state index contributed by atoms with van der Waals surface area (Å²) in [6, 6.07) is 6.17. The lowest BCUT2D eigenvalue weighted by atomic mass is 10.1. The summed E-state index contributed by atoms with van der Waals surface area (Å²) in [6.45, 7) is 4.21. The molecule has 1 aliphatic rings. The number of nitrogens with zero attached hydrogens (tertiary/aromatic N) is 4. The van der Waals surface area contributed by atoms with Crippen LogP contribution in [0.4, 0.5) is 0 Å². The zero-order chi connectivity index (χ0) is 15.8. The molecular weight excluding hydrogens is 290 g/mol. The summed E-state index contributed by atoms with van der Waals surface area (Å²) >= 11 is 0. The third-order valence-corrected chi connectivity index (χ3v) is 4.21. The van der Waals surface area contributed by atoms with Crippen LogP contribution in [0.1, 0.15) is 22.6 Å². The van der Waals surface area contributed by atoms with Crippen molar-refractivity contribution in [3.8, 4) is 0 Å². The van der Waals surface area contributed by atoms with Gasteiger partial charge in [-0.3, -0.25) is 19.7 Å². The average molecular weight is 307 g/mol. The van der Waals surface area contributed by atoms with Crippen molar-refractivity contribution >= 4 is 11.0 Å². The Morgan fingerprint density at radius 3 is 2.91 bits per heavy atom. The van der Waals surface area contributed by atoms with Gasteiger partial charge in [-0.05, 0) is 31.0 Å². The van der Waals surface area contributed by atoms with Crippen LogP contribution in [0.3, 0.4) is 0 Å². The molecule has 0 spiro atoms. The third kappa shape index (κ3) is 2.73. The Bertz CT molecular complexity index is 934. The first kappa shape index (κ1) is 14.0. The Balaban J connectivity index is 1.58. The smallest absolute Gasteiger partial charge is 0.254 e. The van der Waals surface area contributed by atoms with E-state index < -0.39 is 0 Å². The topological polar surface area (TPSA) is 74.8 Å². The summed E-state index contributed by atoms with van der Waals surface area (Å²) < 4.78 is 0. The number of benzene rings is 1. The van der Waals surface area contributed by atoms with Crippen LogP contribution >= 0.6 is 0 Å². The van der Waals surface area contributed by atoms with Crippen LogP contribution < -0.4 is 5.56 Å². The first-order valence-electron chi connectivity index (χ1n) is 7.70. The van der Waals surface area contributed by atoms with E-state index in [9.17, 15) is 4.79 Å². The van der Waals surface area contributed by atoms with E-state index in [0.717, 1.165) is 41.8 Å². The van der Waals surface area contributed by atoms with Gasteiger partial charge < -0.3 is 4.98 Å². The molecule has 0 unspecified atom stereocenters. The number of nitrogens with one attached hydrogen (secondary N) is 1. The standard InChI is InChI=1S/C17H17N5O/c1-11-20-16-10-22(7-4-13(16)17(23)21-11)9-12-2-3-14-15(8-12)19-6-5-18-14/h2-3,5-6,8H,4,7,9-10H2,1H3,(H,20,21,23). The van der Waals surface area contributed by atoms with Crippen molar-refractivity contribution in [2.24, 2.45) is 0 Å². The lowest BCUT2D eigenvalue weighted by molar-refractivity contribution is 0.240. The second kappa shape index (κ2) is 5.55. The van der Waals surface area contributed by atoms with Crippen LogP contribution in [-0.4, -0.2) is 31.4 Å². The predicted molar refractivity (Wildman–Crippen MR) is 87.0 cm³/mol. The molecule has 0 saturated heterocycles. The number of fused-ring (bicyclic) bond motifs is 2. The van der Waals surface area contributed by atoms with Crippen molar-refractivity contribution in [3.05, 3.63) is 63.6 Å². The molecule has 0 bridgehead atoms. The van der Waals surface area contributed by atoms with Crippen molar-refractivity contribution in [2.75, 3.05) is 6.54 Å². The summed E-state index contributed by atoms with van der Waals surface area (Å²) in [5.74, 6) is 0.677. The largest absolute Gasteiger partial charge is 0.311 e. The van der Waals surface area contributed by atoms with Gasteiger partial charge in [-0.15, -0.1) is 0 Å². The zero-order valence-electron chi connectivity index (χ0n) is 12.9. The first-order chi connectivity index (χ1) is 11.2. The summed E-state index contributed by atoms with van der Waals surface area (Å²) in [5.41, 5.74) is 4.75. The normalized spacial score (nSPS) is 14.8. The van der Waals surface area contributed by atoms with Crippen molar-refractivity contribution in [1.82, 2.24) is 24.8 Å². The van der Waals surface area contributed by atoms with E-state index in [0.29, 0.717) is 12.4 Å². The van der Waals surface area contributed by atoms with Crippen LogP contribution in [0, 0.1) is 6.92 Å². The molecule has 6 nitrogen and oxygen atoms in total. The van der Waals surface area contributed by atoms with Gasteiger partial charge in [0.05, 0.1) is 16.7 Å². The lowest BCUT2D eigenvalue weighted by Crippen LogP contribution is -2.35. The number of aromatic amines is 1. The molecule has 3 heterocycles. The Morgan fingerprint density at radius 2 is 2.04 bits per heavy atom. The van der Waals surface area contributed by atoms with Gasteiger partial charge in [-0.1, -0.05) is 6.07 Å². The van der Waals surface area contributed by atoms with Crippen molar-refractivity contribution < 1.29 is 0 Å². The van der Waals surface area contributed by atoms with Crippen molar-refractivity contribution in [3.63, 3.8) is 0 Å². The Labute approximate surface area is 133 Å². The maximum absolute atomic E-state index is 12.0. The first-order valence-corrected chi connectivity index (χ1v) is 7.70. The van der Waals surface area contributed by atoms with Crippen molar-refractivity contribution in [1.29, 1.82) is 0 Å². The molecule has 0 radical (unpaired) electrons. The maximum atomic E-state index is 12.0. The average Bonchev–Trinajstić information content (AvgIpc) is 2.54. The number of aryl methyl sites for hydroxylation is 1. The zero-order valence-corrected chi connectivity index (χ0v) is 12.9. The van der Waals surface area contributed by atoms with Gasteiger partial charge in [0, 0.05) is 37.6 Å². The number of hydrogen-bond donors (Lipinski definition) is 1. The molecule has 23 heavy (non-hydrogen) atoms. The molecule has 0 aliphatic carbocycles. The molecule has 3 aromatic rings. The minimum Gasteiger partial charge on any atom is -0.311 e. The van der Waals surface area contributed by atoms with Gasteiger partial charge in [0.1, 0.15) is 5.82 Å². The summed E-state index contributed by atoms with van der Waals surface area (Å²) in [6.07, 6.45) is 4.16. The molecule has 0 saturated carbocycles. The summed E-state index contributed by atoms with van der Waals surface area (Å²) in [7, 11) is 0. The summed E-state index contributed by atoms with van der Waals surface area (Å²) in [5, 5.41) is 0. The fourth-order valence-electron chi connectivity index (χ4n) is 3.12. The van der Waals surface area contributed by atoms with Gasteiger partial charge >= 0.3 is 0 Å². The fraction of sp³-hybridized carbons (Fsp3) is 0.294. The number of H-pyrrole nitrogens is 1. The molecule has 4 rings (SSSR count). The van der Waals surface area contributed by atoms with Crippen LogP contribution in [-0.2, 0) is 19.5 Å². The Hall–Kier alpha value is -2.60. The van der Waals surface area contributed by atoms with Crippen LogP contribution in [0.25, 0.3) is 11.0 Å². The van der Waals surface area contributed by atoms with Crippen molar-refractivity contribution in [2.45, 2.75) is 26.4 Å². The molecule has 1 aliphatic heterocycles. The van der Waals surface area contributed by atoms with Crippen LogP contribution in [0.2, 0.25) is 0 Å². The van der Waals surface area contributed by atoms with E-state index >= 15 is 0 Å². The van der Waals surface area contributed by atoms with Gasteiger partial charge in [0.15, 0.2) is 0 Å². The summed E-state index contributed by atoms with van der Waals surface area (Å²) in [4.78, 5) is 30.2. The lowest BCUT2D eigenvalue weighted by Gasteiger charge is -2.27. The molecule has 0 fully saturated rings. The third-order valence-electron chi connectivity index (χ3n) is 4.21.